The predicted molar refractivity (Wildman–Crippen MR) is 89.4 cm³/mol. The van der Waals surface area contributed by atoms with E-state index in [9.17, 15) is 14.0 Å². The molecule has 2 aromatic carbocycles. The third kappa shape index (κ3) is 2.72. The minimum Gasteiger partial charge on any atom is -0.336 e. The summed E-state index contributed by atoms with van der Waals surface area (Å²) in [6.07, 6.45) is -0.459. The molecule has 2 fully saturated rings. The molecule has 0 spiro atoms. The molecule has 1 atom stereocenters. The van der Waals surface area contributed by atoms with Crippen molar-refractivity contribution in [1.29, 1.82) is 0 Å². The molecule has 6 nitrogen and oxygen atoms in total. The van der Waals surface area contributed by atoms with E-state index in [4.69, 9.17) is 0 Å². The van der Waals surface area contributed by atoms with Crippen molar-refractivity contribution in [3.63, 3.8) is 0 Å². The van der Waals surface area contributed by atoms with Crippen LogP contribution in [-0.2, 0) is 16.1 Å². The van der Waals surface area contributed by atoms with Crippen molar-refractivity contribution in [3.8, 4) is 0 Å². The molecule has 25 heavy (non-hydrogen) atoms. The monoisotopic (exact) mass is 340 g/mol. The van der Waals surface area contributed by atoms with Crippen LogP contribution in [0.2, 0.25) is 0 Å². The Hall–Kier alpha value is -2.93. The average Bonchev–Trinajstić information content (AvgIpc) is 3.06. The summed E-state index contributed by atoms with van der Waals surface area (Å²) in [5, 5.41) is 1.20. The molecule has 2 aliphatic rings. The van der Waals surface area contributed by atoms with Crippen LogP contribution in [-0.4, -0.2) is 41.1 Å². The Bertz CT molecular complexity index is 814. The Labute approximate surface area is 144 Å². The van der Waals surface area contributed by atoms with Crippen molar-refractivity contribution in [1.82, 2.24) is 15.3 Å². The Morgan fingerprint density at radius 1 is 0.920 bits per heavy atom. The largest absolute Gasteiger partial charge is 0.336 e. The number of amides is 2. The van der Waals surface area contributed by atoms with Gasteiger partial charge >= 0.3 is 11.8 Å². The lowest BCUT2D eigenvalue weighted by atomic mass is 10.2. The first-order chi connectivity index (χ1) is 12.1. The summed E-state index contributed by atoms with van der Waals surface area (Å²) in [6.45, 7) is 1.07. The van der Waals surface area contributed by atoms with Crippen LogP contribution in [0, 0.1) is 5.82 Å². The number of halogens is 1. The van der Waals surface area contributed by atoms with Crippen LogP contribution >= 0.6 is 0 Å². The summed E-state index contributed by atoms with van der Waals surface area (Å²) in [6, 6.07) is 15.9. The molecule has 2 saturated heterocycles. The third-order valence-electron chi connectivity index (χ3n) is 4.51. The summed E-state index contributed by atoms with van der Waals surface area (Å²) in [4.78, 5) is 28.3. The normalized spacial score (nSPS) is 20.2. The van der Waals surface area contributed by atoms with Crippen LogP contribution in [0.15, 0.2) is 54.6 Å². The van der Waals surface area contributed by atoms with Crippen molar-refractivity contribution in [2.24, 2.45) is 0 Å². The number of nitrogens with one attached hydrogen (secondary N) is 1. The maximum atomic E-state index is 13.9. The van der Waals surface area contributed by atoms with Gasteiger partial charge in [-0.1, -0.05) is 36.4 Å². The fourth-order valence-corrected chi connectivity index (χ4v) is 3.22. The van der Waals surface area contributed by atoms with Crippen LogP contribution in [0.1, 0.15) is 5.56 Å². The molecule has 0 radical (unpaired) electrons. The highest BCUT2D eigenvalue weighted by molar-refractivity contribution is 6.35. The zero-order valence-electron chi connectivity index (χ0n) is 13.4. The number of fused-ring (bicyclic) bond motifs is 1. The fraction of sp³-hybridized carbons (Fsp3) is 0.222. The molecule has 0 saturated carbocycles. The van der Waals surface area contributed by atoms with Gasteiger partial charge in [-0.05, 0) is 18.2 Å². The van der Waals surface area contributed by atoms with Crippen molar-refractivity contribution >= 4 is 17.5 Å². The number of carbonyl (C=O) groups is 2. The quantitative estimate of drug-likeness (QED) is 0.856. The molecule has 1 unspecified atom stereocenters. The fourth-order valence-electron chi connectivity index (χ4n) is 3.22. The highest BCUT2D eigenvalue weighted by atomic mass is 19.1. The first-order valence-electron chi connectivity index (χ1n) is 8.09. The van der Waals surface area contributed by atoms with Gasteiger partial charge < -0.3 is 4.90 Å². The van der Waals surface area contributed by atoms with Gasteiger partial charge in [0.15, 0.2) is 6.29 Å². The summed E-state index contributed by atoms with van der Waals surface area (Å²) in [5.74, 6) is -1.65. The minimum absolute atomic E-state index is 0.00971. The van der Waals surface area contributed by atoms with Gasteiger partial charge in [-0.25, -0.2) is 4.39 Å². The SMILES string of the molecule is O=C1C(=O)N2CCN(c3ccccc3)C2NN1Cc1ccccc1F. The van der Waals surface area contributed by atoms with Gasteiger partial charge in [0.05, 0.1) is 6.54 Å². The van der Waals surface area contributed by atoms with Gasteiger partial charge in [0.25, 0.3) is 0 Å². The number of rotatable bonds is 3. The van der Waals surface area contributed by atoms with Crippen LogP contribution in [0.4, 0.5) is 10.1 Å². The number of hydrogen-bond acceptors (Lipinski definition) is 4. The first kappa shape index (κ1) is 15.6. The molecule has 2 amide bonds. The van der Waals surface area contributed by atoms with Crippen LogP contribution < -0.4 is 10.3 Å². The Morgan fingerprint density at radius 2 is 1.60 bits per heavy atom. The molecular formula is C18H17FN4O2. The average molecular weight is 340 g/mol. The molecule has 4 rings (SSSR count). The van der Waals surface area contributed by atoms with Gasteiger partial charge in [-0.2, -0.15) is 5.43 Å². The smallest absolute Gasteiger partial charge is 0.326 e. The Kier molecular flexibility index (Phi) is 3.85. The van der Waals surface area contributed by atoms with E-state index in [2.05, 4.69) is 5.43 Å². The molecule has 0 aliphatic carbocycles. The third-order valence-corrected chi connectivity index (χ3v) is 4.51. The van der Waals surface area contributed by atoms with E-state index in [1.165, 1.54) is 16.0 Å². The minimum atomic E-state index is -0.672. The lowest BCUT2D eigenvalue weighted by Gasteiger charge is -2.40. The number of nitrogens with zero attached hydrogens (tertiary/aromatic N) is 3. The van der Waals surface area contributed by atoms with Crippen molar-refractivity contribution in [2.75, 3.05) is 18.0 Å². The molecule has 1 N–H and O–H groups in total. The zero-order valence-corrected chi connectivity index (χ0v) is 13.4. The van der Waals surface area contributed by atoms with Gasteiger partial charge in [0, 0.05) is 24.3 Å². The van der Waals surface area contributed by atoms with Crippen molar-refractivity contribution in [3.05, 3.63) is 66.0 Å². The maximum Gasteiger partial charge on any atom is 0.326 e. The molecule has 2 heterocycles. The predicted octanol–water partition coefficient (Wildman–Crippen LogP) is 1.30. The van der Waals surface area contributed by atoms with E-state index in [1.54, 1.807) is 18.2 Å². The number of carbonyl (C=O) groups excluding carboxylic acids is 2. The molecule has 2 aromatic rings. The van der Waals surface area contributed by atoms with E-state index in [0.29, 0.717) is 18.7 Å². The summed E-state index contributed by atoms with van der Waals surface area (Å²) in [7, 11) is 0. The van der Waals surface area contributed by atoms with Crippen LogP contribution in [0.5, 0.6) is 0 Å². The van der Waals surface area contributed by atoms with Crippen LogP contribution in [0.3, 0.4) is 0 Å². The molecule has 2 aliphatic heterocycles. The topological polar surface area (TPSA) is 55.9 Å². The van der Waals surface area contributed by atoms with E-state index in [0.717, 1.165) is 5.69 Å². The molecule has 0 bridgehead atoms. The first-order valence-corrected chi connectivity index (χ1v) is 8.09. The highest BCUT2D eigenvalue weighted by Crippen LogP contribution is 2.25. The lowest BCUT2D eigenvalue weighted by molar-refractivity contribution is -0.163. The van der Waals surface area contributed by atoms with Crippen LogP contribution in [0.25, 0.3) is 0 Å². The van der Waals surface area contributed by atoms with E-state index < -0.39 is 23.9 Å². The second-order valence-corrected chi connectivity index (χ2v) is 6.01. The standard InChI is InChI=1S/C18H17FN4O2/c19-15-9-5-4-6-13(15)12-23-17(25)16(24)22-11-10-21(18(22)20-23)14-7-2-1-3-8-14/h1-9,18,20H,10-12H2. The molecule has 0 aromatic heterocycles. The maximum absolute atomic E-state index is 13.9. The number of benzene rings is 2. The molecule has 7 heteroatoms. The molecule has 128 valence electrons. The van der Waals surface area contributed by atoms with Gasteiger partial charge in [0.2, 0.25) is 0 Å². The van der Waals surface area contributed by atoms with E-state index >= 15 is 0 Å². The van der Waals surface area contributed by atoms with Gasteiger partial charge in [0.1, 0.15) is 5.82 Å². The highest BCUT2D eigenvalue weighted by Gasteiger charge is 2.45. The van der Waals surface area contributed by atoms with Gasteiger partial charge in [-0.3, -0.25) is 19.5 Å². The van der Waals surface area contributed by atoms with Crippen molar-refractivity contribution in [2.45, 2.75) is 12.8 Å². The zero-order chi connectivity index (χ0) is 17.4. The summed E-state index contributed by atoms with van der Waals surface area (Å²) < 4.78 is 13.9. The second kappa shape index (κ2) is 6.18. The van der Waals surface area contributed by atoms with E-state index in [1.807, 2.05) is 35.2 Å². The molecular weight excluding hydrogens is 323 g/mol. The second-order valence-electron chi connectivity index (χ2n) is 6.01. The lowest BCUT2D eigenvalue weighted by Crippen LogP contribution is -2.67. The Morgan fingerprint density at radius 3 is 2.36 bits per heavy atom. The van der Waals surface area contributed by atoms with Crippen molar-refractivity contribution < 1.29 is 14.0 Å². The summed E-state index contributed by atoms with van der Waals surface area (Å²) in [5.41, 5.74) is 4.38. The Balaban J connectivity index is 1.60. The number of para-hydroxylation sites is 1. The van der Waals surface area contributed by atoms with E-state index in [-0.39, 0.29) is 6.54 Å². The number of anilines is 1. The van der Waals surface area contributed by atoms with Gasteiger partial charge in [-0.15, -0.1) is 0 Å². The number of hydrogen-bond donors (Lipinski definition) is 1. The summed E-state index contributed by atoms with van der Waals surface area (Å²) >= 11 is 0. The number of hydrazine groups is 1.